The maximum Gasteiger partial charge on any atom is 0.227 e. The highest BCUT2D eigenvalue weighted by atomic mass is 16.4. The largest absolute Gasteiger partial charge is 0.441 e. The second-order valence-electron chi connectivity index (χ2n) is 8.80. The standard InChI is InChI=1S/C26H29N3O3/c1-17(2)15-18-3-5-19(6-4-18)23-16-27-25(32-23)14-13-24(30)28-21-9-11-22(12-10-21)29-26(31)20-7-8-20/h3-6,9-12,16-17,20H,7-8,13-15H2,1-2H3,(H,28,30)(H,29,31). The summed E-state index contributed by atoms with van der Waals surface area (Å²) in [5.41, 5.74) is 3.71. The lowest BCUT2D eigenvalue weighted by Gasteiger charge is -2.07. The van der Waals surface area contributed by atoms with E-state index in [1.807, 2.05) is 12.1 Å². The molecule has 0 unspecified atom stereocenters. The highest BCUT2D eigenvalue weighted by Gasteiger charge is 2.29. The Labute approximate surface area is 188 Å². The average molecular weight is 432 g/mol. The molecule has 1 aliphatic rings. The Hall–Kier alpha value is -3.41. The van der Waals surface area contributed by atoms with Crippen molar-refractivity contribution >= 4 is 23.2 Å². The number of aryl methyl sites for hydroxylation is 1. The highest BCUT2D eigenvalue weighted by molar-refractivity contribution is 5.95. The van der Waals surface area contributed by atoms with Crippen LogP contribution in [-0.2, 0) is 22.4 Å². The fourth-order valence-electron chi connectivity index (χ4n) is 3.51. The summed E-state index contributed by atoms with van der Waals surface area (Å²) in [4.78, 5) is 28.4. The van der Waals surface area contributed by atoms with Gasteiger partial charge in [-0.15, -0.1) is 0 Å². The molecular formula is C26H29N3O3. The predicted molar refractivity (Wildman–Crippen MR) is 125 cm³/mol. The summed E-state index contributed by atoms with van der Waals surface area (Å²) in [6.07, 6.45) is 5.39. The van der Waals surface area contributed by atoms with Gasteiger partial charge in [-0.25, -0.2) is 4.98 Å². The Kier molecular flexibility index (Phi) is 6.69. The number of hydrogen-bond donors (Lipinski definition) is 2. The highest BCUT2D eigenvalue weighted by Crippen LogP contribution is 2.30. The van der Waals surface area contributed by atoms with Crippen molar-refractivity contribution in [2.75, 3.05) is 10.6 Å². The van der Waals surface area contributed by atoms with Gasteiger partial charge < -0.3 is 15.1 Å². The SMILES string of the molecule is CC(C)Cc1ccc(-c2cnc(CCC(=O)Nc3ccc(NC(=O)C4CC4)cc3)o2)cc1. The first-order valence-corrected chi connectivity index (χ1v) is 11.2. The molecule has 0 bridgehead atoms. The first-order valence-electron chi connectivity index (χ1n) is 11.2. The van der Waals surface area contributed by atoms with E-state index in [0.29, 0.717) is 29.7 Å². The number of aromatic nitrogens is 1. The van der Waals surface area contributed by atoms with Gasteiger partial charge in [-0.1, -0.05) is 38.1 Å². The number of oxazole rings is 1. The van der Waals surface area contributed by atoms with Crippen LogP contribution in [0, 0.1) is 11.8 Å². The number of benzene rings is 2. The molecule has 32 heavy (non-hydrogen) atoms. The number of carbonyl (C=O) groups is 2. The zero-order valence-electron chi connectivity index (χ0n) is 18.6. The van der Waals surface area contributed by atoms with Gasteiger partial charge in [0.15, 0.2) is 11.7 Å². The third-order valence-electron chi connectivity index (χ3n) is 5.39. The van der Waals surface area contributed by atoms with Gasteiger partial charge in [0.25, 0.3) is 0 Å². The fourth-order valence-corrected chi connectivity index (χ4v) is 3.51. The minimum absolute atomic E-state index is 0.0682. The van der Waals surface area contributed by atoms with E-state index in [1.165, 1.54) is 5.56 Å². The summed E-state index contributed by atoms with van der Waals surface area (Å²) in [5.74, 6) is 1.99. The van der Waals surface area contributed by atoms with E-state index >= 15 is 0 Å². The zero-order valence-corrected chi connectivity index (χ0v) is 18.6. The smallest absolute Gasteiger partial charge is 0.227 e. The lowest BCUT2D eigenvalue weighted by Crippen LogP contribution is -2.14. The van der Waals surface area contributed by atoms with Crippen molar-refractivity contribution in [1.29, 1.82) is 0 Å². The lowest BCUT2D eigenvalue weighted by atomic mass is 10.0. The summed E-state index contributed by atoms with van der Waals surface area (Å²) in [7, 11) is 0. The summed E-state index contributed by atoms with van der Waals surface area (Å²) in [6.45, 7) is 4.41. The quantitative estimate of drug-likeness (QED) is 0.471. The molecule has 6 nitrogen and oxygen atoms in total. The van der Waals surface area contributed by atoms with E-state index in [9.17, 15) is 9.59 Å². The summed E-state index contributed by atoms with van der Waals surface area (Å²) >= 11 is 0. The number of nitrogens with one attached hydrogen (secondary N) is 2. The molecule has 0 spiro atoms. The molecule has 2 amide bonds. The van der Waals surface area contributed by atoms with Gasteiger partial charge in [0.2, 0.25) is 11.8 Å². The summed E-state index contributed by atoms with van der Waals surface area (Å²) in [5, 5.41) is 5.75. The second kappa shape index (κ2) is 9.81. The van der Waals surface area contributed by atoms with E-state index in [4.69, 9.17) is 4.42 Å². The minimum Gasteiger partial charge on any atom is -0.441 e. The van der Waals surface area contributed by atoms with Crippen LogP contribution in [0.4, 0.5) is 11.4 Å². The maximum absolute atomic E-state index is 12.3. The molecule has 6 heteroatoms. The van der Waals surface area contributed by atoms with Crippen LogP contribution in [-0.4, -0.2) is 16.8 Å². The molecule has 3 aromatic rings. The molecule has 4 rings (SSSR count). The third-order valence-corrected chi connectivity index (χ3v) is 5.39. The van der Waals surface area contributed by atoms with Crippen LogP contribution in [0.15, 0.2) is 59.1 Å². The number of hydrogen-bond acceptors (Lipinski definition) is 4. The Morgan fingerprint density at radius 2 is 1.66 bits per heavy atom. The van der Waals surface area contributed by atoms with Gasteiger partial charge in [0.1, 0.15) is 0 Å². The molecule has 0 saturated heterocycles. The van der Waals surface area contributed by atoms with Crippen LogP contribution < -0.4 is 10.6 Å². The van der Waals surface area contributed by atoms with Gasteiger partial charge in [0, 0.05) is 35.7 Å². The number of rotatable bonds is 9. The van der Waals surface area contributed by atoms with Crippen molar-refractivity contribution in [1.82, 2.24) is 4.98 Å². The third kappa shape index (κ3) is 6.06. The molecule has 0 atom stereocenters. The normalized spacial score (nSPS) is 13.2. The molecule has 1 heterocycles. The molecule has 2 aromatic carbocycles. The summed E-state index contributed by atoms with van der Waals surface area (Å²) < 4.78 is 5.84. The molecule has 0 radical (unpaired) electrons. The molecule has 1 aromatic heterocycles. The van der Waals surface area contributed by atoms with Crippen molar-refractivity contribution in [3.63, 3.8) is 0 Å². The fraction of sp³-hybridized carbons (Fsp3) is 0.346. The second-order valence-corrected chi connectivity index (χ2v) is 8.80. The van der Waals surface area contributed by atoms with Crippen molar-refractivity contribution in [3.05, 3.63) is 66.2 Å². The maximum atomic E-state index is 12.3. The van der Waals surface area contributed by atoms with E-state index in [0.717, 1.165) is 30.5 Å². The van der Waals surface area contributed by atoms with Crippen LogP contribution in [0.1, 0.15) is 44.6 Å². The van der Waals surface area contributed by atoms with Gasteiger partial charge in [0.05, 0.1) is 6.20 Å². The topological polar surface area (TPSA) is 84.2 Å². The van der Waals surface area contributed by atoms with Gasteiger partial charge in [-0.3, -0.25) is 9.59 Å². The van der Waals surface area contributed by atoms with E-state index in [-0.39, 0.29) is 24.2 Å². The predicted octanol–water partition coefficient (Wildman–Crippen LogP) is 5.46. The Balaban J connectivity index is 1.25. The molecule has 1 saturated carbocycles. The van der Waals surface area contributed by atoms with E-state index in [1.54, 1.807) is 30.5 Å². The molecular weight excluding hydrogens is 402 g/mol. The molecule has 1 aliphatic carbocycles. The van der Waals surface area contributed by atoms with Gasteiger partial charge >= 0.3 is 0 Å². The first-order chi connectivity index (χ1) is 15.5. The Bertz CT molecular complexity index is 1060. The monoisotopic (exact) mass is 431 g/mol. The van der Waals surface area contributed by atoms with Crippen molar-refractivity contribution in [2.45, 2.75) is 46.0 Å². The lowest BCUT2D eigenvalue weighted by molar-refractivity contribution is -0.117. The van der Waals surface area contributed by atoms with Crippen LogP contribution in [0.5, 0.6) is 0 Å². The molecule has 0 aliphatic heterocycles. The Morgan fingerprint density at radius 1 is 1.00 bits per heavy atom. The van der Waals surface area contributed by atoms with Crippen molar-refractivity contribution in [3.8, 4) is 11.3 Å². The van der Waals surface area contributed by atoms with Crippen LogP contribution in [0.25, 0.3) is 11.3 Å². The number of nitrogens with zero attached hydrogens (tertiary/aromatic N) is 1. The van der Waals surface area contributed by atoms with E-state index in [2.05, 4.69) is 41.6 Å². The average Bonchev–Trinajstić information content (AvgIpc) is 3.52. The van der Waals surface area contributed by atoms with E-state index < -0.39 is 0 Å². The van der Waals surface area contributed by atoms with Gasteiger partial charge in [-0.2, -0.15) is 0 Å². The molecule has 2 N–H and O–H groups in total. The van der Waals surface area contributed by atoms with Crippen molar-refractivity contribution < 1.29 is 14.0 Å². The van der Waals surface area contributed by atoms with Gasteiger partial charge in [-0.05, 0) is 55.0 Å². The number of amides is 2. The molecule has 166 valence electrons. The molecule has 1 fully saturated rings. The van der Waals surface area contributed by atoms with Crippen molar-refractivity contribution in [2.24, 2.45) is 11.8 Å². The first kappa shape index (κ1) is 21.8. The number of carbonyl (C=O) groups excluding carboxylic acids is 2. The van der Waals surface area contributed by atoms with Crippen LogP contribution in [0.2, 0.25) is 0 Å². The Morgan fingerprint density at radius 3 is 2.28 bits per heavy atom. The number of anilines is 2. The zero-order chi connectivity index (χ0) is 22.5. The van der Waals surface area contributed by atoms with Crippen LogP contribution >= 0.6 is 0 Å². The van der Waals surface area contributed by atoms with Crippen LogP contribution in [0.3, 0.4) is 0 Å². The minimum atomic E-state index is -0.113. The summed E-state index contributed by atoms with van der Waals surface area (Å²) in [6, 6.07) is 15.5.